The van der Waals surface area contributed by atoms with E-state index in [-0.39, 0.29) is 36.5 Å². The molecule has 0 bridgehead atoms. The fourth-order valence-corrected chi connectivity index (χ4v) is 4.71. The number of halogens is 2. The number of hydrogen-bond acceptors (Lipinski definition) is 4. The third kappa shape index (κ3) is 5.03. The van der Waals surface area contributed by atoms with Crippen LogP contribution in [-0.4, -0.2) is 56.3 Å². The summed E-state index contributed by atoms with van der Waals surface area (Å²) >= 11 is 0. The van der Waals surface area contributed by atoms with Crippen molar-refractivity contribution in [3.63, 3.8) is 0 Å². The molecule has 1 aliphatic heterocycles. The van der Waals surface area contributed by atoms with Gasteiger partial charge in [-0.2, -0.15) is 4.31 Å². The van der Waals surface area contributed by atoms with Crippen molar-refractivity contribution in [1.82, 2.24) is 14.5 Å². The molecule has 6 nitrogen and oxygen atoms in total. The molecule has 162 valence electrons. The fraction of sp³-hybridized carbons (Fsp3) is 0.381. The first-order valence-electron chi connectivity index (χ1n) is 9.71. The van der Waals surface area contributed by atoms with Gasteiger partial charge in [-0.3, -0.25) is 4.79 Å². The average Bonchev–Trinajstić information content (AvgIpc) is 2.74. The Balaban J connectivity index is 1.52. The van der Waals surface area contributed by atoms with E-state index in [0.717, 1.165) is 17.7 Å². The van der Waals surface area contributed by atoms with Gasteiger partial charge in [-0.05, 0) is 43.7 Å². The van der Waals surface area contributed by atoms with E-state index in [9.17, 15) is 22.0 Å². The van der Waals surface area contributed by atoms with Crippen LogP contribution in [0, 0.1) is 18.6 Å². The van der Waals surface area contributed by atoms with Crippen molar-refractivity contribution in [2.75, 3.05) is 32.7 Å². The summed E-state index contributed by atoms with van der Waals surface area (Å²) in [5.41, 5.74) is 1.52. The lowest BCUT2D eigenvalue weighted by Crippen LogP contribution is -2.52. The van der Waals surface area contributed by atoms with Crippen LogP contribution >= 0.6 is 0 Å². The molecule has 1 fully saturated rings. The maximum absolute atomic E-state index is 13.4. The molecular formula is C21H25F2N3O3S. The van der Waals surface area contributed by atoms with Gasteiger partial charge in [-0.1, -0.05) is 23.8 Å². The number of benzene rings is 2. The highest BCUT2D eigenvalue weighted by molar-refractivity contribution is 7.89. The first-order valence-corrected chi connectivity index (χ1v) is 11.2. The summed E-state index contributed by atoms with van der Waals surface area (Å²) in [6.07, 6.45) is 0. The molecule has 1 amide bonds. The van der Waals surface area contributed by atoms with E-state index >= 15 is 0 Å². The van der Waals surface area contributed by atoms with Gasteiger partial charge in [0.1, 0.15) is 0 Å². The second-order valence-corrected chi connectivity index (χ2v) is 9.31. The molecule has 9 heteroatoms. The molecule has 30 heavy (non-hydrogen) atoms. The van der Waals surface area contributed by atoms with Gasteiger partial charge < -0.3 is 10.2 Å². The second-order valence-electron chi connectivity index (χ2n) is 7.37. The van der Waals surface area contributed by atoms with Crippen molar-refractivity contribution in [3.05, 3.63) is 65.2 Å². The van der Waals surface area contributed by atoms with E-state index in [1.54, 1.807) is 36.1 Å². The SMILES string of the molecule is Cc1ccc(S(=O)(=O)N2CCN(C(=O)CN[C@@H](C)c3ccc(F)c(F)c3)CC2)cc1. The standard InChI is InChI=1S/C21H25F2N3O3S/c1-15-3-6-18(7-4-15)30(28,29)26-11-9-25(10-12-26)21(27)14-24-16(2)17-5-8-19(22)20(23)13-17/h3-8,13,16,24H,9-12,14H2,1-2H3/t16-/m0/s1. The van der Waals surface area contributed by atoms with E-state index < -0.39 is 21.7 Å². The molecule has 0 saturated carbocycles. The number of nitrogens with one attached hydrogen (secondary N) is 1. The molecule has 0 spiro atoms. The van der Waals surface area contributed by atoms with Crippen molar-refractivity contribution in [2.24, 2.45) is 0 Å². The predicted octanol–water partition coefficient (Wildman–Crippen LogP) is 2.46. The maximum Gasteiger partial charge on any atom is 0.243 e. The summed E-state index contributed by atoms with van der Waals surface area (Å²) < 4.78 is 53.3. The minimum Gasteiger partial charge on any atom is -0.339 e. The average molecular weight is 438 g/mol. The summed E-state index contributed by atoms with van der Waals surface area (Å²) in [6.45, 7) is 4.71. The highest BCUT2D eigenvalue weighted by Crippen LogP contribution is 2.19. The Morgan fingerprint density at radius 1 is 1.03 bits per heavy atom. The van der Waals surface area contributed by atoms with Crippen molar-refractivity contribution in [3.8, 4) is 0 Å². The van der Waals surface area contributed by atoms with E-state index in [1.807, 2.05) is 6.92 Å². The molecular weight excluding hydrogens is 412 g/mol. The van der Waals surface area contributed by atoms with Crippen molar-refractivity contribution >= 4 is 15.9 Å². The Kier molecular flexibility index (Phi) is 6.84. The Morgan fingerprint density at radius 2 is 1.67 bits per heavy atom. The van der Waals surface area contributed by atoms with Crippen molar-refractivity contribution < 1.29 is 22.0 Å². The largest absolute Gasteiger partial charge is 0.339 e. The lowest BCUT2D eigenvalue weighted by atomic mass is 10.1. The van der Waals surface area contributed by atoms with Gasteiger partial charge in [0, 0.05) is 32.2 Å². The van der Waals surface area contributed by atoms with Gasteiger partial charge in [-0.15, -0.1) is 0 Å². The molecule has 0 aliphatic carbocycles. The summed E-state index contributed by atoms with van der Waals surface area (Å²) in [7, 11) is -3.58. The molecule has 1 N–H and O–H groups in total. The number of sulfonamides is 1. The van der Waals surface area contributed by atoms with Crippen LogP contribution in [0.3, 0.4) is 0 Å². The summed E-state index contributed by atoms with van der Waals surface area (Å²) in [4.78, 5) is 14.3. The summed E-state index contributed by atoms with van der Waals surface area (Å²) in [5.74, 6) is -2.02. The number of rotatable bonds is 6. The van der Waals surface area contributed by atoms with E-state index in [1.165, 1.54) is 10.4 Å². The van der Waals surface area contributed by atoms with Crippen LogP contribution in [0.15, 0.2) is 47.4 Å². The Hall–Kier alpha value is -2.36. The Bertz CT molecular complexity index is 1000. The van der Waals surface area contributed by atoms with Crippen LogP contribution in [0.5, 0.6) is 0 Å². The number of hydrogen-bond donors (Lipinski definition) is 1. The summed E-state index contributed by atoms with van der Waals surface area (Å²) in [5, 5.41) is 3.00. The quantitative estimate of drug-likeness (QED) is 0.754. The predicted molar refractivity (Wildman–Crippen MR) is 109 cm³/mol. The zero-order valence-electron chi connectivity index (χ0n) is 16.9. The molecule has 0 aromatic heterocycles. The minimum absolute atomic E-state index is 0.0187. The number of aryl methyl sites for hydroxylation is 1. The molecule has 1 aliphatic rings. The Labute approximate surface area is 175 Å². The summed E-state index contributed by atoms with van der Waals surface area (Å²) in [6, 6.07) is 9.98. The normalized spacial score (nSPS) is 16.5. The van der Waals surface area contributed by atoms with Gasteiger partial charge in [-0.25, -0.2) is 17.2 Å². The first-order chi connectivity index (χ1) is 14.2. The number of piperazine rings is 1. The zero-order valence-corrected chi connectivity index (χ0v) is 17.8. The van der Waals surface area contributed by atoms with Crippen LogP contribution in [0.4, 0.5) is 8.78 Å². The monoisotopic (exact) mass is 437 g/mol. The van der Waals surface area contributed by atoms with Gasteiger partial charge in [0.15, 0.2) is 11.6 Å². The number of carbonyl (C=O) groups excluding carboxylic acids is 1. The van der Waals surface area contributed by atoms with Gasteiger partial charge in [0.25, 0.3) is 0 Å². The van der Waals surface area contributed by atoms with Gasteiger partial charge in [0.05, 0.1) is 11.4 Å². The highest BCUT2D eigenvalue weighted by Gasteiger charge is 2.30. The van der Waals surface area contributed by atoms with E-state index in [0.29, 0.717) is 18.7 Å². The molecule has 0 unspecified atom stereocenters. The van der Waals surface area contributed by atoms with E-state index in [2.05, 4.69) is 5.32 Å². The fourth-order valence-electron chi connectivity index (χ4n) is 3.29. The van der Waals surface area contributed by atoms with Crippen molar-refractivity contribution in [1.29, 1.82) is 0 Å². The molecule has 2 aromatic carbocycles. The van der Waals surface area contributed by atoms with Crippen molar-refractivity contribution in [2.45, 2.75) is 24.8 Å². The molecule has 3 rings (SSSR count). The minimum atomic E-state index is -3.58. The van der Waals surface area contributed by atoms with Gasteiger partial charge >= 0.3 is 0 Å². The zero-order chi connectivity index (χ0) is 21.9. The number of amides is 1. The third-order valence-electron chi connectivity index (χ3n) is 5.25. The highest BCUT2D eigenvalue weighted by atomic mass is 32.2. The third-order valence-corrected chi connectivity index (χ3v) is 7.17. The second kappa shape index (κ2) is 9.20. The van der Waals surface area contributed by atoms with Gasteiger partial charge in [0.2, 0.25) is 15.9 Å². The van der Waals surface area contributed by atoms with Crippen LogP contribution in [0.25, 0.3) is 0 Å². The van der Waals surface area contributed by atoms with E-state index in [4.69, 9.17) is 0 Å². The number of carbonyl (C=O) groups is 1. The van der Waals surface area contributed by atoms with Crippen LogP contribution < -0.4 is 5.32 Å². The van der Waals surface area contributed by atoms with Crippen LogP contribution in [0.2, 0.25) is 0 Å². The molecule has 1 heterocycles. The molecule has 1 atom stereocenters. The lowest BCUT2D eigenvalue weighted by Gasteiger charge is -2.34. The maximum atomic E-state index is 13.4. The topological polar surface area (TPSA) is 69.7 Å². The Morgan fingerprint density at radius 3 is 2.27 bits per heavy atom. The first kappa shape index (κ1) is 22.3. The molecule has 0 radical (unpaired) electrons. The molecule has 1 saturated heterocycles. The molecule has 2 aromatic rings. The smallest absolute Gasteiger partial charge is 0.243 e. The lowest BCUT2D eigenvalue weighted by molar-refractivity contribution is -0.131. The number of nitrogens with zero attached hydrogens (tertiary/aromatic N) is 2. The van der Waals surface area contributed by atoms with Crippen LogP contribution in [0.1, 0.15) is 24.1 Å². The van der Waals surface area contributed by atoms with Crippen LogP contribution in [-0.2, 0) is 14.8 Å².